The molecule has 1 heterocycles. The third-order valence-corrected chi connectivity index (χ3v) is 2.08. The monoisotopic (exact) mass is 230 g/mol. The molecule has 2 rings (SSSR count). The van der Waals surface area contributed by atoms with Gasteiger partial charge in [-0.25, -0.2) is 0 Å². The average molecular weight is 230 g/mol. The van der Waals surface area contributed by atoms with E-state index in [1.807, 2.05) is 31.2 Å². The average Bonchev–Trinajstić information content (AvgIpc) is 2.30. The van der Waals surface area contributed by atoms with Crippen LogP contribution in [0.3, 0.4) is 0 Å². The van der Waals surface area contributed by atoms with Crippen molar-refractivity contribution in [2.24, 2.45) is 0 Å². The van der Waals surface area contributed by atoms with Gasteiger partial charge >= 0.3 is 0 Å². The molecule has 88 valence electrons. The first kappa shape index (κ1) is 11.3. The van der Waals surface area contributed by atoms with Gasteiger partial charge in [0, 0.05) is 12.1 Å². The Balaban J connectivity index is 2.15. The second-order valence-electron chi connectivity index (χ2n) is 3.41. The van der Waals surface area contributed by atoms with Crippen LogP contribution in [0.2, 0.25) is 0 Å². The molecule has 1 aromatic carbocycles. The molecule has 2 aromatic rings. The summed E-state index contributed by atoms with van der Waals surface area (Å²) in [6.07, 6.45) is 0. The van der Waals surface area contributed by atoms with Crippen LogP contribution in [0.15, 0.2) is 42.5 Å². The van der Waals surface area contributed by atoms with Crippen LogP contribution in [0, 0.1) is 0 Å². The van der Waals surface area contributed by atoms with Crippen LogP contribution in [0.5, 0.6) is 17.4 Å². The number of nitrogen functional groups attached to an aromatic ring is 1. The summed E-state index contributed by atoms with van der Waals surface area (Å²) in [5.74, 6) is 2.35. The van der Waals surface area contributed by atoms with Gasteiger partial charge in [0.1, 0.15) is 17.3 Å². The lowest BCUT2D eigenvalue weighted by Gasteiger charge is -2.07. The molecule has 0 saturated carbocycles. The third-order valence-electron chi connectivity index (χ3n) is 2.08. The Morgan fingerprint density at radius 1 is 1.12 bits per heavy atom. The van der Waals surface area contributed by atoms with Gasteiger partial charge < -0.3 is 15.2 Å². The van der Waals surface area contributed by atoms with E-state index in [0.717, 1.165) is 5.75 Å². The summed E-state index contributed by atoms with van der Waals surface area (Å²) in [4.78, 5) is 4.06. The smallest absolute Gasteiger partial charge is 0.221 e. The number of aromatic nitrogens is 1. The fraction of sp³-hybridized carbons (Fsp3) is 0.154. The lowest BCUT2D eigenvalue weighted by Crippen LogP contribution is -1.94. The fourth-order valence-corrected chi connectivity index (χ4v) is 1.40. The molecule has 0 bridgehead atoms. The van der Waals surface area contributed by atoms with E-state index in [1.54, 1.807) is 18.2 Å². The fourth-order valence-electron chi connectivity index (χ4n) is 1.40. The molecular formula is C13H14N2O2. The van der Waals surface area contributed by atoms with E-state index >= 15 is 0 Å². The number of benzene rings is 1. The Morgan fingerprint density at radius 2 is 1.88 bits per heavy atom. The summed E-state index contributed by atoms with van der Waals surface area (Å²) in [7, 11) is 0. The summed E-state index contributed by atoms with van der Waals surface area (Å²) in [6.45, 7) is 2.56. The van der Waals surface area contributed by atoms with Crippen molar-refractivity contribution in [3.8, 4) is 17.4 Å². The van der Waals surface area contributed by atoms with E-state index in [0.29, 0.717) is 24.1 Å². The second kappa shape index (κ2) is 5.21. The highest BCUT2D eigenvalue weighted by atomic mass is 16.5. The van der Waals surface area contributed by atoms with Crippen LogP contribution >= 0.6 is 0 Å². The highest BCUT2D eigenvalue weighted by molar-refractivity contribution is 5.37. The summed E-state index contributed by atoms with van der Waals surface area (Å²) in [6, 6.07) is 12.7. The van der Waals surface area contributed by atoms with Gasteiger partial charge in [-0.15, -0.1) is 0 Å². The minimum Gasteiger partial charge on any atom is -0.494 e. The molecule has 0 unspecified atom stereocenters. The molecule has 0 aliphatic heterocycles. The molecule has 0 atom stereocenters. The highest BCUT2D eigenvalue weighted by Gasteiger charge is 2.00. The number of rotatable bonds is 4. The number of nitrogens with two attached hydrogens (primary N) is 1. The number of ether oxygens (including phenoxy) is 2. The van der Waals surface area contributed by atoms with Crippen LogP contribution < -0.4 is 15.2 Å². The Bertz CT molecular complexity index is 500. The lowest BCUT2D eigenvalue weighted by molar-refractivity contribution is 0.338. The van der Waals surface area contributed by atoms with Crippen molar-refractivity contribution in [3.05, 3.63) is 42.5 Å². The predicted octanol–water partition coefficient (Wildman–Crippen LogP) is 2.85. The summed E-state index contributed by atoms with van der Waals surface area (Å²) in [5.41, 5.74) is 5.57. The van der Waals surface area contributed by atoms with E-state index < -0.39 is 0 Å². The Labute approximate surface area is 100 Å². The van der Waals surface area contributed by atoms with Gasteiger partial charge in [-0.2, -0.15) is 4.98 Å². The summed E-state index contributed by atoms with van der Waals surface area (Å²) < 4.78 is 11.0. The number of anilines is 1. The van der Waals surface area contributed by atoms with Gasteiger partial charge in [-0.1, -0.05) is 12.1 Å². The second-order valence-corrected chi connectivity index (χ2v) is 3.41. The van der Waals surface area contributed by atoms with Crippen molar-refractivity contribution >= 4 is 5.82 Å². The van der Waals surface area contributed by atoms with Crippen molar-refractivity contribution in [1.82, 2.24) is 4.98 Å². The quantitative estimate of drug-likeness (QED) is 0.877. The number of nitrogens with zero attached hydrogens (tertiary/aromatic N) is 1. The van der Waals surface area contributed by atoms with Gasteiger partial charge in [0.15, 0.2) is 0 Å². The first-order valence-corrected chi connectivity index (χ1v) is 5.41. The Hall–Kier alpha value is -2.23. The molecule has 4 nitrogen and oxygen atoms in total. The molecule has 0 saturated heterocycles. The van der Waals surface area contributed by atoms with Crippen LogP contribution in [0.4, 0.5) is 5.82 Å². The van der Waals surface area contributed by atoms with E-state index in [1.165, 1.54) is 0 Å². The van der Waals surface area contributed by atoms with Crippen LogP contribution in [-0.4, -0.2) is 11.6 Å². The van der Waals surface area contributed by atoms with Crippen molar-refractivity contribution in [1.29, 1.82) is 0 Å². The van der Waals surface area contributed by atoms with Crippen molar-refractivity contribution in [3.63, 3.8) is 0 Å². The number of hydrogen-bond acceptors (Lipinski definition) is 4. The first-order valence-electron chi connectivity index (χ1n) is 5.41. The molecule has 0 fully saturated rings. The van der Waals surface area contributed by atoms with Crippen LogP contribution in [0.1, 0.15) is 6.92 Å². The van der Waals surface area contributed by atoms with Crippen molar-refractivity contribution < 1.29 is 9.47 Å². The molecular weight excluding hydrogens is 216 g/mol. The van der Waals surface area contributed by atoms with Gasteiger partial charge in [-0.3, -0.25) is 0 Å². The number of pyridine rings is 1. The molecule has 4 heteroatoms. The zero-order valence-electron chi connectivity index (χ0n) is 9.59. The topological polar surface area (TPSA) is 57.4 Å². The molecule has 0 amide bonds. The molecule has 1 aromatic heterocycles. The standard InChI is InChI=1S/C13H14N2O2/c1-2-16-10-5-3-6-11(9-10)17-13-8-4-7-12(14)15-13/h3-9H,2H2,1H3,(H2,14,15). The lowest BCUT2D eigenvalue weighted by atomic mass is 10.3. The van der Waals surface area contributed by atoms with Crippen molar-refractivity contribution in [2.45, 2.75) is 6.92 Å². The molecule has 0 spiro atoms. The third kappa shape index (κ3) is 3.11. The molecule has 0 radical (unpaired) electrons. The largest absolute Gasteiger partial charge is 0.494 e. The molecule has 0 aliphatic carbocycles. The molecule has 17 heavy (non-hydrogen) atoms. The highest BCUT2D eigenvalue weighted by Crippen LogP contribution is 2.24. The van der Waals surface area contributed by atoms with E-state index in [-0.39, 0.29) is 0 Å². The van der Waals surface area contributed by atoms with Gasteiger partial charge in [-0.05, 0) is 25.1 Å². The van der Waals surface area contributed by atoms with E-state index in [2.05, 4.69) is 4.98 Å². The van der Waals surface area contributed by atoms with Crippen LogP contribution in [0.25, 0.3) is 0 Å². The van der Waals surface area contributed by atoms with Crippen LogP contribution in [-0.2, 0) is 0 Å². The zero-order valence-corrected chi connectivity index (χ0v) is 9.59. The maximum absolute atomic E-state index is 5.58. The maximum atomic E-state index is 5.58. The predicted molar refractivity (Wildman–Crippen MR) is 66.3 cm³/mol. The SMILES string of the molecule is CCOc1cccc(Oc2cccc(N)n2)c1. The minimum absolute atomic E-state index is 0.434. The summed E-state index contributed by atoms with van der Waals surface area (Å²) >= 11 is 0. The number of hydrogen-bond donors (Lipinski definition) is 1. The van der Waals surface area contributed by atoms with Gasteiger partial charge in [0.25, 0.3) is 0 Å². The molecule has 0 aliphatic rings. The van der Waals surface area contributed by atoms with E-state index in [9.17, 15) is 0 Å². The molecule has 2 N–H and O–H groups in total. The normalized spacial score (nSPS) is 9.94. The minimum atomic E-state index is 0.434. The zero-order chi connectivity index (χ0) is 12.1. The van der Waals surface area contributed by atoms with E-state index in [4.69, 9.17) is 15.2 Å². The van der Waals surface area contributed by atoms with Crippen molar-refractivity contribution in [2.75, 3.05) is 12.3 Å². The van der Waals surface area contributed by atoms with Gasteiger partial charge in [0.05, 0.1) is 6.61 Å². The Kier molecular flexibility index (Phi) is 3.45. The summed E-state index contributed by atoms with van der Waals surface area (Å²) in [5, 5.41) is 0. The first-order chi connectivity index (χ1) is 8.28. The van der Waals surface area contributed by atoms with Gasteiger partial charge in [0.2, 0.25) is 5.88 Å². The Morgan fingerprint density at radius 3 is 2.65 bits per heavy atom. The maximum Gasteiger partial charge on any atom is 0.221 e.